The van der Waals surface area contributed by atoms with Crippen LogP contribution in [-0.4, -0.2) is 30.0 Å². The number of carbonyl (C=O) groups is 2. The number of hydroxylamine groups is 1. The van der Waals surface area contributed by atoms with E-state index in [0.717, 1.165) is 9.96 Å². The van der Waals surface area contributed by atoms with Gasteiger partial charge in [-0.15, -0.1) is 0 Å². The van der Waals surface area contributed by atoms with E-state index in [0.29, 0.717) is 5.75 Å². The normalized spacial score (nSPS) is 21.4. The molecule has 11 heteroatoms. The number of methoxy groups -OCH3 is 1. The number of fused-ring (bicyclic) bond motifs is 1. The predicted octanol–water partition coefficient (Wildman–Crippen LogP) is 4.45. The van der Waals surface area contributed by atoms with Crippen molar-refractivity contribution in [3.63, 3.8) is 0 Å². The molecule has 0 N–H and O–H groups in total. The lowest BCUT2D eigenvalue weighted by Gasteiger charge is -2.29. The molecule has 3 aromatic carbocycles. The van der Waals surface area contributed by atoms with E-state index < -0.39 is 40.6 Å². The number of nitrogens with zero attached hydrogens (tertiary/aromatic N) is 3. The van der Waals surface area contributed by atoms with Gasteiger partial charge in [0.25, 0.3) is 11.6 Å². The highest BCUT2D eigenvalue weighted by Crippen LogP contribution is 2.50. The van der Waals surface area contributed by atoms with E-state index in [4.69, 9.17) is 21.2 Å². The average Bonchev–Trinajstić information content (AvgIpc) is 3.35. The molecule has 9 nitrogen and oxygen atoms in total. The zero-order valence-corrected chi connectivity index (χ0v) is 18.9. The Morgan fingerprint density at radius 1 is 1.03 bits per heavy atom. The number of ether oxygens (including phenoxy) is 1. The average molecular weight is 498 g/mol. The van der Waals surface area contributed by atoms with Gasteiger partial charge in [-0.3, -0.25) is 24.5 Å². The number of hydrogen-bond donors (Lipinski definition) is 0. The first-order valence-electron chi connectivity index (χ1n) is 10.5. The van der Waals surface area contributed by atoms with Gasteiger partial charge < -0.3 is 4.74 Å². The first-order valence-corrected chi connectivity index (χ1v) is 10.9. The highest BCUT2D eigenvalue weighted by molar-refractivity contribution is 6.31. The summed E-state index contributed by atoms with van der Waals surface area (Å²) in [7, 11) is 1.46. The van der Waals surface area contributed by atoms with Gasteiger partial charge in [-0.25, -0.2) is 14.4 Å². The Bertz CT molecular complexity index is 1350. The third kappa shape index (κ3) is 3.67. The highest BCUT2D eigenvalue weighted by atomic mass is 35.5. The van der Waals surface area contributed by atoms with E-state index in [1.54, 1.807) is 18.2 Å². The number of rotatable bonds is 5. The molecule has 2 fully saturated rings. The number of non-ortho nitro benzene ring substituents is 1. The van der Waals surface area contributed by atoms with Crippen LogP contribution >= 0.6 is 11.6 Å². The minimum absolute atomic E-state index is 0.0229. The van der Waals surface area contributed by atoms with Crippen LogP contribution in [-0.2, 0) is 14.4 Å². The lowest BCUT2D eigenvalue weighted by atomic mass is 9.90. The van der Waals surface area contributed by atoms with E-state index in [1.807, 2.05) is 0 Å². The molecule has 178 valence electrons. The summed E-state index contributed by atoms with van der Waals surface area (Å²) in [5.41, 5.74) is 0.156. The monoisotopic (exact) mass is 497 g/mol. The molecule has 3 aromatic rings. The molecule has 0 saturated carbocycles. The van der Waals surface area contributed by atoms with Crippen LogP contribution in [0.3, 0.4) is 0 Å². The maximum absolute atomic E-state index is 15.1. The van der Waals surface area contributed by atoms with Gasteiger partial charge in [-0.05, 0) is 30.3 Å². The van der Waals surface area contributed by atoms with Crippen LogP contribution in [0.25, 0.3) is 0 Å². The Labute approximate surface area is 203 Å². The van der Waals surface area contributed by atoms with Gasteiger partial charge in [0.05, 0.1) is 23.4 Å². The molecule has 3 atom stereocenters. The topological polar surface area (TPSA) is 102 Å². The molecule has 0 bridgehead atoms. The van der Waals surface area contributed by atoms with E-state index in [1.165, 1.54) is 55.6 Å². The Kier molecular flexibility index (Phi) is 5.62. The summed E-state index contributed by atoms with van der Waals surface area (Å²) in [6.07, 6.45) is -1.30. The van der Waals surface area contributed by atoms with Gasteiger partial charge >= 0.3 is 0 Å². The first-order chi connectivity index (χ1) is 16.8. The van der Waals surface area contributed by atoms with Crippen molar-refractivity contribution in [1.29, 1.82) is 0 Å². The van der Waals surface area contributed by atoms with Gasteiger partial charge in [0, 0.05) is 28.8 Å². The molecule has 0 aromatic heterocycles. The van der Waals surface area contributed by atoms with Crippen molar-refractivity contribution >= 4 is 40.5 Å². The smallest absolute Gasteiger partial charge is 0.271 e. The fourth-order valence-electron chi connectivity index (χ4n) is 4.47. The maximum Gasteiger partial charge on any atom is 0.271 e. The SMILES string of the molecule is COc1cccc(N2C(=O)[C@H]3[C@H](ON(c4cccc([N+](=O)[O-])c4)[C@H]3c3c(F)cccc3Cl)C2=O)c1. The lowest BCUT2D eigenvalue weighted by molar-refractivity contribution is -0.384. The fourth-order valence-corrected chi connectivity index (χ4v) is 4.75. The van der Waals surface area contributed by atoms with Crippen molar-refractivity contribution in [2.45, 2.75) is 12.1 Å². The molecule has 0 radical (unpaired) electrons. The van der Waals surface area contributed by atoms with Crippen molar-refractivity contribution in [2.24, 2.45) is 5.92 Å². The molecular formula is C24H17ClFN3O6. The standard InChI is InChI=1S/C24H17ClFN3O6/c1-34-16-8-3-5-13(12-16)27-23(30)20-21(19-17(25)9-4-10-18(19)26)28(35-22(20)24(27)31)14-6-2-7-15(11-14)29(32)33/h2-12,20-22H,1H3/t20-,21+,22+/m1/s1. The predicted molar refractivity (Wildman–Crippen MR) is 124 cm³/mol. The summed E-state index contributed by atoms with van der Waals surface area (Å²) in [4.78, 5) is 44.6. The van der Waals surface area contributed by atoms with E-state index in [2.05, 4.69) is 0 Å². The van der Waals surface area contributed by atoms with Crippen LogP contribution in [0, 0.1) is 21.8 Å². The Balaban J connectivity index is 1.63. The second kappa shape index (κ2) is 8.64. The highest BCUT2D eigenvalue weighted by Gasteiger charge is 2.61. The molecule has 2 saturated heterocycles. The van der Waals surface area contributed by atoms with E-state index in [9.17, 15) is 19.7 Å². The molecular weight excluding hydrogens is 481 g/mol. The number of halogens is 2. The number of hydrogen-bond acceptors (Lipinski definition) is 7. The minimum atomic E-state index is -1.30. The summed E-state index contributed by atoms with van der Waals surface area (Å²) in [6, 6.07) is 14.7. The number of carbonyl (C=O) groups excluding carboxylic acids is 2. The first kappa shape index (κ1) is 22.8. The number of nitro benzene ring substituents is 1. The molecule has 2 aliphatic rings. The van der Waals surface area contributed by atoms with Crippen LogP contribution < -0.4 is 14.7 Å². The van der Waals surface area contributed by atoms with Gasteiger partial charge in [0.2, 0.25) is 5.91 Å². The third-order valence-electron chi connectivity index (χ3n) is 6.02. The Morgan fingerprint density at radius 3 is 2.46 bits per heavy atom. The van der Waals surface area contributed by atoms with Crippen LogP contribution in [0.1, 0.15) is 11.6 Å². The van der Waals surface area contributed by atoms with Crippen LogP contribution in [0.4, 0.5) is 21.5 Å². The largest absolute Gasteiger partial charge is 0.497 e. The van der Waals surface area contributed by atoms with Crippen LogP contribution in [0.5, 0.6) is 5.75 Å². The maximum atomic E-state index is 15.1. The van der Waals surface area contributed by atoms with Crippen molar-refractivity contribution in [2.75, 3.05) is 17.1 Å². The van der Waals surface area contributed by atoms with Crippen molar-refractivity contribution in [3.05, 3.63) is 93.2 Å². The molecule has 0 aliphatic carbocycles. The van der Waals surface area contributed by atoms with Gasteiger partial charge in [-0.2, -0.15) is 0 Å². The molecule has 2 aliphatic heterocycles. The molecule has 2 amide bonds. The number of amides is 2. The summed E-state index contributed by atoms with van der Waals surface area (Å²) < 4.78 is 20.3. The van der Waals surface area contributed by atoms with Crippen molar-refractivity contribution < 1.29 is 28.5 Å². The second-order valence-corrected chi connectivity index (χ2v) is 8.36. The molecule has 5 rings (SSSR count). The summed E-state index contributed by atoms with van der Waals surface area (Å²) >= 11 is 6.35. The Morgan fingerprint density at radius 2 is 1.74 bits per heavy atom. The molecule has 0 spiro atoms. The summed E-state index contributed by atoms with van der Waals surface area (Å²) in [5.74, 6) is -2.71. The number of imide groups is 1. The quantitative estimate of drug-likeness (QED) is 0.291. The summed E-state index contributed by atoms with van der Waals surface area (Å²) in [6.45, 7) is 0. The van der Waals surface area contributed by atoms with E-state index in [-0.39, 0.29) is 27.6 Å². The van der Waals surface area contributed by atoms with E-state index >= 15 is 4.39 Å². The fraction of sp³-hybridized carbons (Fsp3) is 0.167. The number of benzene rings is 3. The van der Waals surface area contributed by atoms with Crippen molar-refractivity contribution in [1.82, 2.24) is 0 Å². The number of nitro groups is 1. The van der Waals surface area contributed by atoms with Gasteiger partial charge in [-0.1, -0.05) is 29.8 Å². The van der Waals surface area contributed by atoms with Crippen molar-refractivity contribution in [3.8, 4) is 5.75 Å². The Hall–Kier alpha value is -4.02. The van der Waals surface area contributed by atoms with Crippen LogP contribution in [0.15, 0.2) is 66.7 Å². The minimum Gasteiger partial charge on any atom is -0.497 e. The van der Waals surface area contributed by atoms with Crippen LogP contribution in [0.2, 0.25) is 5.02 Å². The number of anilines is 2. The zero-order chi connectivity index (χ0) is 24.9. The van der Waals surface area contributed by atoms with Gasteiger partial charge in [0.15, 0.2) is 6.10 Å². The zero-order valence-electron chi connectivity index (χ0n) is 18.1. The third-order valence-corrected chi connectivity index (χ3v) is 6.35. The van der Waals surface area contributed by atoms with Gasteiger partial charge in [0.1, 0.15) is 23.5 Å². The molecule has 35 heavy (non-hydrogen) atoms. The second-order valence-electron chi connectivity index (χ2n) is 7.95. The molecule has 2 heterocycles. The summed E-state index contributed by atoms with van der Waals surface area (Å²) in [5, 5.41) is 12.5. The lowest BCUT2D eigenvalue weighted by Crippen LogP contribution is -2.37. The molecule has 0 unspecified atom stereocenters.